The SMILES string of the molecule is CSc1cc2cc(C)ccc2[nH]1. The number of hydrogen-bond donors (Lipinski definition) is 1. The third kappa shape index (κ3) is 1.23. The summed E-state index contributed by atoms with van der Waals surface area (Å²) < 4.78 is 0. The smallest absolute Gasteiger partial charge is 0.0729 e. The van der Waals surface area contributed by atoms with Gasteiger partial charge < -0.3 is 4.98 Å². The van der Waals surface area contributed by atoms with Gasteiger partial charge in [0, 0.05) is 10.9 Å². The summed E-state index contributed by atoms with van der Waals surface area (Å²) in [6.45, 7) is 2.12. The zero-order valence-electron chi connectivity index (χ0n) is 7.22. The van der Waals surface area contributed by atoms with Gasteiger partial charge in [0.25, 0.3) is 0 Å². The summed E-state index contributed by atoms with van der Waals surface area (Å²) in [5.74, 6) is 0. The topological polar surface area (TPSA) is 15.8 Å². The van der Waals surface area contributed by atoms with Crippen LogP contribution in [0.4, 0.5) is 0 Å². The van der Waals surface area contributed by atoms with Crippen LogP contribution in [-0.4, -0.2) is 11.2 Å². The fourth-order valence-electron chi connectivity index (χ4n) is 1.34. The second kappa shape index (κ2) is 2.87. The summed E-state index contributed by atoms with van der Waals surface area (Å²) in [5.41, 5.74) is 2.54. The normalized spacial score (nSPS) is 10.8. The fraction of sp³-hybridized carbons (Fsp3) is 0.200. The maximum Gasteiger partial charge on any atom is 0.0729 e. The zero-order chi connectivity index (χ0) is 8.55. The molecule has 0 bridgehead atoms. The van der Waals surface area contributed by atoms with Crippen molar-refractivity contribution in [3.63, 3.8) is 0 Å². The molecule has 12 heavy (non-hydrogen) atoms. The minimum absolute atomic E-state index is 1.23. The number of aryl methyl sites for hydroxylation is 1. The third-order valence-electron chi connectivity index (χ3n) is 1.97. The average molecular weight is 177 g/mol. The second-order valence-corrected chi connectivity index (χ2v) is 3.78. The number of aromatic amines is 1. The number of rotatable bonds is 1. The molecule has 0 fully saturated rings. The van der Waals surface area contributed by atoms with E-state index >= 15 is 0 Å². The number of H-pyrrole nitrogens is 1. The largest absolute Gasteiger partial charge is 0.350 e. The Bertz CT molecular complexity index is 403. The highest BCUT2D eigenvalue weighted by Crippen LogP contribution is 2.21. The summed E-state index contributed by atoms with van der Waals surface area (Å²) in [7, 11) is 0. The van der Waals surface area contributed by atoms with Crippen LogP contribution in [0.2, 0.25) is 0 Å². The predicted octanol–water partition coefficient (Wildman–Crippen LogP) is 3.20. The van der Waals surface area contributed by atoms with Crippen LogP contribution >= 0.6 is 11.8 Å². The van der Waals surface area contributed by atoms with Crippen LogP contribution in [0.1, 0.15) is 5.56 Å². The van der Waals surface area contributed by atoms with E-state index in [1.54, 1.807) is 11.8 Å². The zero-order valence-corrected chi connectivity index (χ0v) is 8.03. The van der Waals surface area contributed by atoms with Gasteiger partial charge in [0.1, 0.15) is 0 Å². The van der Waals surface area contributed by atoms with E-state index in [0.717, 1.165) is 0 Å². The number of aromatic nitrogens is 1. The Balaban J connectivity index is 2.67. The van der Waals surface area contributed by atoms with Gasteiger partial charge in [-0.05, 0) is 31.4 Å². The van der Waals surface area contributed by atoms with Gasteiger partial charge in [0.2, 0.25) is 0 Å². The molecule has 0 saturated carbocycles. The molecule has 1 N–H and O–H groups in total. The first-order valence-electron chi connectivity index (χ1n) is 3.93. The lowest BCUT2D eigenvalue weighted by Gasteiger charge is -1.90. The molecule has 62 valence electrons. The molecule has 0 aliphatic heterocycles. The van der Waals surface area contributed by atoms with Crippen molar-refractivity contribution in [3.8, 4) is 0 Å². The molecule has 0 saturated heterocycles. The van der Waals surface area contributed by atoms with E-state index < -0.39 is 0 Å². The Hall–Kier alpha value is -0.890. The van der Waals surface area contributed by atoms with Crippen molar-refractivity contribution in [2.45, 2.75) is 11.9 Å². The van der Waals surface area contributed by atoms with Crippen LogP contribution < -0.4 is 0 Å². The van der Waals surface area contributed by atoms with Crippen molar-refractivity contribution >= 4 is 22.7 Å². The molecule has 0 aliphatic rings. The molecule has 2 rings (SSSR count). The van der Waals surface area contributed by atoms with E-state index in [4.69, 9.17) is 0 Å². The van der Waals surface area contributed by atoms with Gasteiger partial charge in [-0.25, -0.2) is 0 Å². The Kier molecular flexibility index (Phi) is 1.85. The Morgan fingerprint density at radius 2 is 2.08 bits per heavy atom. The summed E-state index contributed by atoms with van der Waals surface area (Å²) >= 11 is 1.74. The monoisotopic (exact) mass is 177 g/mol. The van der Waals surface area contributed by atoms with Crippen LogP contribution in [0, 0.1) is 6.92 Å². The first-order chi connectivity index (χ1) is 5.79. The lowest BCUT2D eigenvalue weighted by atomic mass is 10.2. The molecule has 1 nitrogen and oxygen atoms in total. The molecule has 1 aromatic carbocycles. The minimum atomic E-state index is 1.23. The second-order valence-electron chi connectivity index (χ2n) is 2.93. The molecule has 0 amide bonds. The fourth-order valence-corrected chi connectivity index (χ4v) is 1.79. The van der Waals surface area contributed by atoms with Crippen LogP contribution in [0.5, 0.6) is 0 Å². The van der Waals surface area contributed by atoms with Crippen molar-refractivity contribution in [3.05, 3.63) is 29.8 Å². The minimum Gasteiger partial charge on any atom is -0.350 e. The Morgan fingerprint density at radius 1 is 1.25 bits per heavy atom. The van der Waals surface area contributed by atoms with E-state index in [1.165, 1.54) is 21.5 Å². The first kappa shape index (κ1) is 7.74. The molecule has 2 aromatic rings. The third-order valence-corrected chi connectivity index (χ3v) is 2.63. The molecular weight excluding hydrogens is 166 g/mol. The van der Waals surface area contributed by atoms with Crippen molar-refractivity contribution < 1.29 is 0 Å². The first-order valence-corrected chi connectivity index (χ1v) is 5.15. The highest BCUT2D eigenvalue weighted by Gasteiger charge is 1.98. The molecular formula is C10H11NS. The summed E-state index contributed by atoms with van der Waals surface area (Å²) in [6, 6.07) is 8.64. The van der Waals surface area contributed by atoms with Crippen LogP contribution in [0.15, 0.2) is 29.3 Å². The van der Waals surface area contributed by atoms with Gasteiger partial charge in [-0.3, -0.25) is 0 Å². The van der Waals surface area contributed by atoms with Gasteiger partial charge in [0.15, 0.2) is 0 Å². The van der Waals surface area contributed by atoms with Gasteiger partial charge >= 0.3 is 0 Å². The number of benzene rings is 1. The number of hydrogen-bond acceptors (Lipinski definition) is 1. The maximum atomic E-state index is 3.34. The summed E-state index contributed by atoms with van der Waals surface area (Å²) in [6.07, 6.45) is 2.08. The highest BCUT2D eigenvalue weighted by molar-refractivity contribution is 7.98. The van der Waals surface area contributed by atoms with Gasteiger partial charge in [0.05, 0.1) is 5.03 Å². The summed E-state index contributed by atoms with van der Waals surface area (Å²) in [4.78, 5) is 3.34. The van der Waals surface area contributed by atoms with E-state index in [-0.39, 0.29) is 0 Å². The Morgan fingerprint density at radius 3 is 2.83 bits per heavy atom. The van der Waals surface area contributed by atoms with E-state index in [2.05, 4.69) is 42.4 Å². The number of fused-ring (bicyclic) bond motifs is 1. The quantitative estimate of drug-likeness (QED) is 0.661. The molecule has 0 aliphatic carbocycles. The van der Waals surface area contributed by atoms with Gasteiger partial charge in [-0.1, -0.05) is 11.6 Å². The van der Waals surface area contributed by atoms with E-state index in [9.17, 15) is 0 Å². The lowest BCUT2D eigenvalue weighted by molar-refractivity contribution is 1.24. The highest BCUT2D eigenvalue weighted by atomic mass is 32.2. The van der Waals surface area contributed by atoms with Gasteiger partial charge in [-0.15, -0.1) is 11.8 Å². The molecule has 1 heterocycles. The van der Waals surface area contributed by atoms with Crippen molar-refractivity contribution in [2.75, 3.05) is 6.26 Å². The Labute approximate surface area is 76.2 Å². The van der Waals surface area contributed by atoms with E-state index in [1.807, 2.05) is 0 Å². The maximum absolute atomic E-state index is 3.34. The standard InChI is InChI=1S/C10H11NS/c1-7-3-4-9-8(5-7)6-10(11-9)12-2/h3-6,11H,1-2H3. The molecule has 0 unspecified atom stereocenters. The summed E-state index contributed by atoms with van der Waals surface area (Å²) in [5, 5.41) is 2.54. The molecule has 2 heteroatoms. The van der Waals surface area contributed by atoms with Crippen molar-refractivity contribution in [2.24, 2.45) is 0 Å². The van der Waals surface area contributed by atoms with Crippen LogP contribution in [0.25, 0.3) is 10.9 Å². The van der Waals surface area contributed by atoms with Crippen LogP contribution in [0.3, 0.4) is 0 Å². The van der Waals surface area contributed by atoms with Crippen molar-refractivity contribution in [1.82, 2.24) is 4.98 Å². The average Bonchev–Trinajstić information content (AvgIpc) is 2.46. The molecule has 0 radical (unpaired) electrons. The van der Waals surface area contributed by atoms with Gasteiger partial charge in [-0.2, -0.15) is 0 Å². The molecule has 0 atom stereocenters. The predicted molar refractivity (Wildman–Crippen MR) is 54.8 cm³/mol. The number of nitrogens with one attached hydrogen (secondary N) is 1. The van der Waals surface area contributed by atoms with Crippen LogP contribution in [-0.2, 0) is 0 Å². The number of thioether (sulfide) groups is 1. The molecule has 1 aromatic heterocycles. The van der Waals surface area contributed by atoms with E-state index in [0.29, 0.717) is 0 Å². The molecule has 0 spiro atoms. The van der Waals surface area contributed by atoms with Crippen molar-refractivity contribution in [1.29, 1.82) is 0 Å². The lowest BCUT2D eigenvalue weighted by Crippen LogP contribution is -1.70.